The number of amides is 1. The molecule has 196 valence electrons. The molecule has 38 heavy (non-hydrogen) atoms. The molecule has 0 aliphatic heterocycles. The number of carbonyl (C=O) groups is 1. The number of nitrogens with zero attached hydrogens (tertiary/aromatic N) is 2. The van der Waals surface area contributed by atoms with E-state index in [0.29, 0.717) is 31.0 Å². The number of hydrazine groups is 1. The average Bonchev–Trinajstić information content (AvgIpc) is 2.95. The summed E-state index contributed by atoms with van der Waals surface area (Å²) in [7, 11) is 3.88. The lowest BCUT2D eigenvalue weighted by molar-refractivity contribution is -0.118. The predicted molar refractivity (Wildman–Crippen MR) is 152 cm³/mol. The van der Waals surface area contributed by atoms with Crippen molar-refractivity contribution in [1.82, 2.24) is 15.2 Å². The zero-order chi connectivity index (χ0) is 26.9. The number of benzene rings is 4. The molecule has 0 aromatic heterocycles. The van der Waals surface area contributed by atoms with Crippen LogP contribution in [0, 0.1) is 0 Å². The zero-order valence-corrected chi connectivity index (χ0v) is 21.8. The highest BCUT2D eigenvalue weighted by Gasteiger charge is 2.16. The number of hydrogen-bond acceptors (Lipinski definition) is 6. The quantitative estimate of drug-likeness (QED) is 0.119. The van der Waals surface area contributed by atoms with Gasteiger partial charge in [0.15, 0.2) is 0 Å². The third-order valence-corrected chi connectivity index (χ3v) is 6.45. The summed E-state index contributed by atoms with van der Waals surface area (Å²) < 4.78 is 5.88. The molecule has 0 bridgehead atoms. The smallest absolute Gasteiger partial charge is 0.281 e. The van der Waals surface area contributed by atoms with E-state index in [2.05, 4.69) is 22.5 Å². The van der Waals surface area contributed by atoms with Crippen LogP contribution in [0.2, 0.25) is 0 Å². The van der Waals surface area contributed by atoms with E-state index in [1.165, 1.54) is 5.56 Å². The minimum absolute atomic E-state index is 0.104. The third kappa shape index (κ3) is 6.91. The maximum atomic E-state index is 12.7. The van der Waals surface area contributed by atoms with Crippen molar-refractivity contribution in [2.24, 2.45) is 5.84 Å². The summed E-state index contributed by atoms with van der Waals surface area (Å²) >= 11 is 0. The van der Waals surface area contributed by atoms with Crippen molar-refractivity contribution in [3.63, 3.8) is 0 Å². The molecule has 4 rings (SSSR count). The molecule has 4 aromatic rings. The second-order valence-corrected chi connectivity index (χ2v) is 9.30. The number of likely N-dealkylation sites (N-methyl/N-ethyl adjacent to an activating group) is 2. The van der Waals surface area contributed by atoms with Crippen LogP contribution in [0.3, 0.4) is 0 Å². The van der Waals surface area contributed by atoms with Crippen LogP contribution in [-0.2, 0) is 17.9 Å². The fourth-order valence-electron chi connectivity index (χ4n) is 4.26. The van der Waals surface area contributed by atoms with E-state index in [0.717, 1.165) is 28.6 Å². The normalized spacial score (nSPS) is 11.5. The van der Waals surface area contributed by atoms with Gasteiger partial charge in [-0.05, 0) is 53.2 Å². The number of nitrogens with two attached hydrogens (primary N) is 1. The van der Waals surface area contributed by atoms with Gasteiger partial charge in [0, 0.05) is 32.2 Å². The lowest BCUT2D eigenvalue weighted by atomic mass is 10.0. The van der Waals surface area contributed by atoms with Crippen LogP contribution in [0.5, 0.6) is 11.5 Å². The van der Waals surface area contributed by atoms with Gasteiger partial charge < -0.3 is 19.6 Å². The van der Waals surface area contributed by atoms with Crippen molar-refractivity contribution in [2.45, 2.75) is 13.2 Å². The Morgan fingerprint density at radius 1 is 0.895 bits per heavy atom. The maximum Gasteiger partial charge on any atom is 0.281 e. The molecule has 7 heteroatoms. The lowest BCUT2D eigenvalue weighted by Gasteiger charge is -2.25. The number of ether oxygens (including phenoxy) is 1. The van der Waals surface area contributed by atoms with Gasteiger partial charge in [-0.3, -0.25) is 10.2 Å². The molecule has 0 unspecified atom stereocenters. The summed E-state index contributed by atoms with van der Waals surface area (Å²) in [4.78, 5) is 16.7. The minimum Gasteiger partial charge on any atom is -0.507 e. The minimum atomic E-state index is -0.423. The van der Waals surface area contributed by atoms with Crippen molar-refractivity contribution >= 4 is 22.8 Å². The van der Waals surface area contributed by atoms with Crippen LogP contribution >= 0.6 is 0 Å². The summed E-state index contributed by atoms with van der Waals surface area (Å²) in [6.07, 6.45) is 1.69. The molecular formula is C31H34N4O3. The molecule has 0 atom stereocenters. The predicted octanol–water partition coefficient (Wildman–Crippen LogP) is 4.52. The van der Waals surface area contributed by atoms with Crippen molar-refractivity contribution in [2.75, 3.05) is 27.2 Å². The molecule has 1 amide bonds. The zero-order valence-electron chi connectivity index (χ0n) is 21.8. The van der Waals surface area contributed by atoms with Crippen LogP contribution < -0.4 is 16.0 Å². The number of aromatic hydroxyl groups is 1. The maximum absolute atomic E-state index is 12.7. The molecule has 0 spiro atoms. The number of hydrogen-bond donors (Lipinski definition) is 3. The summed E-state index contributed by atoms with van der Waals surface area (Å²) in [6, 6.07) is 29.4. The first-order valence-corrected chi connectivity index (χ1v) is 12.5. The van der Waals surface area contributed by atoms with E-state index >= 15 is 0 Å². The van der Waals surface area contributed by atoms with Gasteiger partial charge in [0.05, 0.1) is 0 Å². The first kappa shape index (κ1) is 26.7. The largest absolute Gasteiger partial charge is 0.507 e. The lowest BCUT2D eigenvalue weighted by Crippen LogP contribution is -2.39. The van der Waals surface area contributed by atoms with Crippen molar-refractivity contribution in [3.05, 3.63) is 113 Å². The number of carbonyl (C=O) groups excluding carboxylic acids is 1. The van der Waals surface area contributed by atoms with Gasteiger partial charge in [-0.25, -0.2) is 5.84 Å². The monoisotopic (exact) mass is 510 g/mol. The highest BCUT2D eigenvalue weighted by Crippen LogP contribution is 2.29. The molecule has 0 fully saturated rings. The van der Waals surface area contributed by atoms with Gasteiger partial charge in [0.1, 0.15) is 23.8 Å². The summed E-state index contributed by atoms with van der Waals surface area (Å²) in [5.74, 6) is 6.00. The van der Waals surface area contributed by atoms with E-state index in [1.807, 2.05) is 91.8 Å². The second-order valence-electron chi connectivity index (χ2n) is 9.30. The van der Waals surface area contributed by atoms with Crippen molar-refractivity contribution in [1.29, 1.82) is 0 Å². The van der Waals surface area contributed by atoms with Crippen molar-refractivity contribution in [3.8, 4) is 11.5 Å². The number of rotatable bonds is 11. The molecule has 0 heterocycles. The molecule has 4 N–H and O–H groups in total. The van der Waals surface area contributed by atoms with Gasteiger partial charge in [-0.15, -0.1) is 0 Å². The van der Waals surface area contributed by atoms with Gasteiger partial charge in [0.2, 0.25) is 0 Å². The number of phenols is 1. The average molecular weight is 511 g/mol. The van der Waals surface area contributed by atoms with E-state index in [4.69, 9.17) is 10.6 Å². The van der Waals surface area contributed by atoms with Gasteiger partial charge in [-0.2, -0.15) is 0 Å². The van der Waals surface area contributed by atoms with Gasteiger partial charge >= 0.3 is 0 Å². The SMILES string of the molecule is CN(CCN(C)C(=Cc1c(O)ccc2ccccc12)C(=O)NN)Cc1ccc(OCc2ccccc2)cc1. The summed E-state index contributed by atoms with van der Waals surface area (Å²) in [5, 5.41) is 12.4. The third-order valence-electron chi connectivity index (χ3n) is 6.45. The van der Waals surface area contributed by atoms with Crippen LogP contribution in [-0.4, -0.2) is 48.0 Å². The molecule has 0 saturated heterocycles. The Morgan fingerprint density at radius 2 is 1.61 bits per heavy atom. The fraction of sp³-hybridized carbons (Fsp3) is 0.194. The first-order valence-electron chi connectivity index (χ1n) is 12.5. The van der Waals surface area contributed by atoms with E-state index < -0.39 is 5.91 Å². The Kier molecular flexibility index (Phi) is 8.98. The van der Waals surface area contributed by atoms with Crippen LogP contribution in [0.25, 0.3) is 16.8 Å². The van der Waals surface area contributed by atoms with E-state index in [1.54, 1.807) is 12.1 Å². The Labute approximate surface area is 223 Å². The van der Waals surface area contributed by atoms with Crippen LogP contribution in [0.4, 0.5) is 0 Å². The van der Waals surface area contributed by atoms with E-state index in [9.17, 15) is 9.90 Å². The van der Waals surface area contributed by atoms with Gasteiger partial charge in [0.25, 0.3) is 5.91 Å². The van der Waals surface area contributed by atoms with Gasteiger partial charge in [-0.1, -0.05) is 72.8 Å². The topological polar surface area (TPSA) is 91.1 Å². The Morgan fingerprint density at radius 3 is 2.34 bits per heavy atom. The number of phenolic OH excluding ortho intramolecular Hbond substituents is 1. The van der Waals surface area contributed by atoms with Crippen LogP contribution in [0.1, 0.15) is 16.7 Å². The molecule has 7 nitrogen and oxygen atoms in total. The fourth-order valence-corrected chi connectivity index (χ4v) is 4.26. The highest BCUT2D eigenvalue weighted by molar-refractivity contribution is 6.01. The second kappa shape index (κ2) is 12.8. The van der Waals surface area contributed by atoms with Crippen molar-refractivity contribution < 1.29 is 14.6 Å². The molecule has 4 aromatic carbocycles. The molecular weight excluding hydrogens is 476 g/mol. The number of nitrogens with one attached hydrogen (secondary N) is 1. The Balaban J connectivity index is 1.37. The highest BCUT2D eigenvalue weighted by atomic mass is 16.5. The molecule has 0 radical (unpaired) electrons. The molecule has 0 aliphatic rings. The molecule has 0 aliphatic carbocycles. The Hall–Kier alpha value is -4.33. The van der Waals surface area contributed by atoms with E-state index in [-0.39, 0.29) is 5.75 Å². The summed E-state index contributed by atoms with van der Waals surface area (Å²) in [6.45, 7) is 2.58. The molecule has 0 saturated carbocycles. The Bertz CT molecular complexity index is 1390. The number of fused-ring (bicyclic) bond motifs is 1. The first-order chi connectivity index (χ1) is 18.4. The van der Waals surface area contributed by atoms with Crippen LogP contribution in [0.15, 0.2) is 96.7 Å². The summed E-state index contributed by atoms with van der Waals surface area (Å²) in [5.41, 5.74) is 5.48. The standard InChI is InChI=1S/C31H34N4O3/c1-34(21-23-12-15-26(16-13-23)38-22-24-8-4-3-5-9-24)18-19-35(2)29(31(37)33-32)20-28-27-11-7-6-10-25(27)14-17-30(28)36/h3-17,20,36H,18-19,21-22,32H2,1-2H3,(H,33,37).